The lowest BCUT2D eigenvalue weighted by atomic mass is 10.1. The van der Waals surface area contributed by atoms with Crippen LogP contribution >= 0.6 is 0 Å². The van der Waals surface area contributed by atoms with Crippen molar-refractivity contribution in [3.8, 4) is 0 Å². The second-order valence-electron chi connectivity index (χ2n) is 6.78. The molecule has 2 aromatic carbocycles. The van der Waals surface area contributed by atoms with E-state index in [1.54, 1.807) is 36.1 Å². The largest absolute Gasteiger partial charge is 0.312 e. The van der Waals surface area contributed by atoms with Gasteiger partial charge in [0.1, 0.15) is 0 Å². The van der Waals surface area contributed by atoms with Crippen molar-refractivity contribution in [3.05, 3.63) is 70.1 Å². The number of nitrogens with zero attached hydrogens (tertiary/aromatic N) is 3. The molecule has 8 nitrogen and oxygen atoms in total. The summed E-state index contributed by atoms with van der Waals surface area (Å²) in [4.78, 5) is 38.2. The first kappa shape index (κ1) is 18.5. The molecular weight excluding hydrogens is 370 g/mol. The smallest absolute Gasteiger partial charge is 0.292 e. The first-order valence-electron chi connectivity index (χ1n) is 9.27. The Labute approximate surface area is 166 Å². The lowest BCUT2D eigenvalue weighted by molar-refractivity contribution is -0.117. The summed E-state index contributed by atoms with van der Waals surface area (Å²) < 4.78 is 0. The number of benzene rings is 2. The van der Waals surface area contributed by atoms with Gasteiger partial charge in [0.05, 0.1) is 11.1 Å². The van der Waals surface area contributed by atoms with Gasteiger partial charge in [-0.2, -0.15) is 10.2 Å². The van der Waals surface area contributed by atoms with Gasteiger partial charge in [-0.25, -0.2) is 10.5 Å². The summed E-state index contributed by atoms with van der Waals surface area (Å²) in [5.41, 5.74) is 4.42. The maximum Gasteiger partial charge on any atom is 0.292 e. The SMILES string of the molecule is C/C(=N/NC(=O)c1n[nH]c(=O)c2ccccc12)c1cccc(N2CCCC2=O)c1. The van der Waals surface area contributed by atoms with E-state index in [1.165, 1.54) is 0 Å². The van der Waals surface area contributed by atoms with Crippen LogP contribution in [0.3, 0.4) is 0 Å². The first-order chi connectivity index (χ1) is 14.0. The quantitative estimate of drug-likeness (QED) is 0.527. The summed E-state index contributed by atoms with van der Waals surface area (Å²) in [6.45, 7) is 2.48. The summed E-state index contributed by atoms with van der Waals surface area (Å²) in [6.07, 6.45) is 1.42. The third-order valence-corrected chi connectivity index (χ3v) is 4.89. The normalized spacial score (nSPS) is 14.4. The third-order valence-electron chi connectivity index (χ3n) is 4.89. The minimum absolute atomic E-state index is 0.0909. The van der Waals surface area contributed by atoms with Crippen LogP contribution in [0, 0.1) is 0 Å². The first-order valence-corrected chi connectivity index (χ1v) is 9.27. The van der Waals surface area contributed by atoms with Gasteiger partial charge < -0.3 is 4.90 Å². The minimum atomic E-state index is -0.525. The highest BCUT2D eigenvalue weighted by atomic mass is 16.2. The van der Waals surface area contributed by atoms with Crippen LogP contribution in [0.1, 0.15) is 35.8 Å². The molecular formula is C21H19N5O3. The van der Waals surface area contributed by atoms with Crippen LogP contribution in [0.25, 0.3) is 10.8 Å². The number of aromatic amines is 1. The Balaban J connectivity index is 1.57. The maximum absolute atomic E-state index is 12.6. The Bertz CT molecular complexity index is 1200. The molecule has 0 aliphatic carbocycles. The van der Waals surface area contributed by atoms with Crippen molar-refractivity contribution in [2.24, 2.45) is 5.10 Å². The molecule has 2 amide bonds. The van der Waals surface area contributed by atoms with Crippen LogP contribution in [0.2, 0.25) is 0 Å². The van der Waals surface area contributed by atoms with Crippen LogP contribution < -0.4 is 15.9 Å². The molecule has 1 aliphatic rings. The molecule has 2 N–H and O–H groups in total. The van der Waals surface area contributed by atoms with Gasteiger partial charge in [0, 0.05) is 24.0 Å². The fraction of sp³-hybridized carbons (Fsp3) is 0.190. The third kappa shape index (κ3) is 3.64. The number of rotatable bonds is 4. The number of hydrogen-bond donors (Lipinski definition) is 2. The number of H-pyrrole nitrogens is 1. The van der Waals surface area contributed by atoms with Crippen molar-refractivity contribution in [1.29, 1.82) is 0 Å². The Morgan fingerprint density at radius 3 is 2.69 bits per heavy atom. The van der Waals surface area contributed by atoms with E-state index < -0.39 is 5.91 Å². The fourth-order valence-corrected chi connectivity index (χ4v) is 3.36. The molecule has 1 saturated heterocycles. The van der Waals surface area contributed by atoms with E-state index in [-0.39, 0.29) is 17.2 Å². The van der Waals surface area contributed by atoms with Gasteiger partial charge in [0.15, 0.2) is 5.69 Å². The van der Waals surface area contributed by atoms with E-state index in [1.807, 2.05) is 24.3 Å². The zero-order chi connectivity index (χ0) is 20.4. The predicted molar refractivity (Wildman–Crippen MR) is 110 cm³/mol. The molecule has 1 fully saturated rings. The van der Waals surface area contributed by atoms with E-state index in [4.69, 9.17) is 0 Å². The van der Waals surface area contributed by atoms with E-state index in [9.17, 15) is 14.4 Å². The number of hydrazone groups is 1. The van der Waals surface area contributed by atoms with Gasteiger partial charge in [0.2, 0.25) is 5.91 Å². The van der Waals surface area contributed by atoms with Crippen LogP contribution in [0.5, 0.6) is 0 Å². The summed E-state index contributed by atoms with van der Waals surface area (Å²) >= 11 is 0. The monoisotopic (exact) mass is 389 g/mol. The van der Waals surface area contributed by atoms with Crippen LogP contribution in [0.4, 0.5) is 5.69 Å². The molecule has 0 radical (unpaired) electrons. The number of hydrogen-bond acceptors (Lipinski definition) is 5. The van der Waals surface area contributed by atoms with E-state index in [2.05, 4.69) is 20.7 Å². The van der Waals surface area contributed by atoms with Crippen molar-refractivity contribution in [1.82, 2.24) is 15.6 Å². The van der Waals surface area contributed by atoms with Crippen molar-refractivity contribution in [2.45, 2.75) is 19.8 Å². The lowest BCUT2D eigenvalue weighted by Gasteiger charge is -2.16. The topological polar surface area (TPSA) is 108 Å². The van der Waals surface area contributed by atoms with Gasteiger partial charge >= 0.3 is 0 Å². The number of amides is 2. The summed E-state index contributed by atoms with van der Waals surface area (Å²) in [6, 6.07) is 14.2. The Morgan fingerprint density at radius 1 is 1.14 bits per heavy atom. The number of carbonyl (C=O) groups excluding carboxylic acids is 2. The highest BCUT2D eigenvalue weighted by Gasteiger charge is 2.22. The molecule has 0 atom stereocenters. The van der Waals surface area contributed by atoms with Crippen molar-refractivity contribution >= 4 is 34.0 Å². The molecule has 1 aliphatic heterocycles. The average Bonchev–Trinajstić information content (AvgIpc) is 3.18. The standard InChI is InChI=1S/C21H19N5O3/c1-13(14-6-4-7-15(12-14)26-11-5-10-18(26)27)22-25-21(29)19-16-8-2-3-9-17(16)20(28)24-23-19/h2-4,6-9,12H,5,10-11H2,1H3,(H,24,28)(H,25,29)/b22-13-. The molecule has 146 valence electrons. The molecule has 1 aromatic heterocycles. The van der Waals surface area contributed by atoms with Gasteiger partial charge in [-0.3, -0.25) is 14.4 Å². The van der Waals surface area contributed by atoms with Crippen molar-refractivity contribution in [3.63, 3.8) is 0 Å². The number of fused-ring (bicyclic) bond motifs is 1. The second kappa shape index (κ2) is 7.67. The zero-order valence-electron chi connectivity index (χ0n) is 15.8. The average molecular weight is 389 g/mol. The molecule has 3 aromatic rings. The number of nitrogens with one attached hydrogen (secondary N) is 2. The molecule has 0 saturated carbocycles. The van der Waals surface area contributed by atoms with Gasteiger partial charge in [-0.1, -0.05) is 30.3 Å². The highest BCUT2D eigenvalue weighted by Crippen LogP contribution is 2.22. The van der Waals surface area contributed by atoms with Crippen LogP contribution in [-0.2, 0) is 4.79 Å². The number of anilines is 1. The molecule has 2 heterocycles. The van der Waals surface area contributed by atoms with Crippen molar-refractivity contribution in [2.75, 3.05) is 11.4 Å². The molecule has 8 heteroatoms. The predicted octanol–water partition coefficient (Wildman–Crippen LogP) is 2.20. The maximum atomic E-state index is 12.6. The lowest BCUT2D eigenvalue weighted by Crippen LogP contribution is -2.24. The molecule has 4 rings (SSSR count). The van der Waals surface area contributed by atoms with Crippen LogP contribution in [0.15, 0.2) is 58.4 Å². The van der Waals surface area contributed by atoms with Gasteiger partial charge in [-0.15, -0.1) is 0 Å². The second-order valence-corrected chi connectivity index (χ2v) is 6.78. The van der Waals surface area contributed by atoms with Crippen molar-refractivity contribution < 1.29 is 9.59 Å². The number of aromatic nitrogens is 2. The van der Waals surface area contributed by atoms with E-state index in [0.717, 1.165) is 17.7 Å². The fourth-order valence-electron chi connectivity index (χ4n) is 3.36. The van der Waals surface area contributed by atoms with E-state index >= 15 is 0 Å². The molecule has 29 heavy (non-hydrogen) atoms. The Hall–Kier alpha value is -3.81. The van der Waals surface area contributed by atoms with Crippen LogP contribution in [-0.4, -0.2) is 34.3 Å². The minimum Gasteiger partial charge on any atom is -0.312 e. The number of carbonyl (C=O) groups is 2. The molecule has 0 spiro atoms. The summed E-state index contributed by atoms with van der Waals surface area (Å²) in [5, 5.41) is 11.2. The molecule has 0 unspecified atom stereocenters. The van der Waals surface area contributed by atoms with Gasteiger partial charge in [-0.05, 0) is 37.1 Å². The summed E-state index contributed by atoms with van der Waals surface area (Å²) in [5.74, 6) is -0.413. The molecule has 0 bridgehead atoms. The van der Waals surface area contributed by atoms with Gasteiger partial charge in [0.25, 0.3) is 11.5 Å². The zero-order valence-corrected chi connectivity index (χ0v) is 15.8. The highest BCUT2D eigenvalue weighted by molar-refractivity contribution is 6.06. The summed E-state index contributed by atoms with van der Waals surface area (Å²) in [7, 11) is 0. The Kier molecular flexibility index (Phi) is 4.90. The Morgan fingerprint density at radius 2 is 1.93 bits per heavy atom. The van der Waals surface area contributed by atoms with E-state index in [0.29, 0.717) is 29.4 Å².